The highest BCUT2D eigenvalue weighted by Crippen LogP contribution is 2.15. The summed E-state index contributed by atoms with van der Waals surface area (Å²) in [5, 5.41) is 3.37. The predicted molar refractivity (Wildman–Crippen MR) is 69.8 cm³/mol. The van der Waals surface area contributed by atoms with Crippen molar-refractivity contribution in [2.45, 2.75) is 39.8 Å². The van der Waals surface area contributed by atoms with Crippen LogP contribution in [0.15, 0.2) is 18.3 Å². The van der Waals surface area contributed by atoms with Crippen LogP contribution in [-0.2, 0) is 6.54 Å². The Morgan fingerprint density at radius 1 is 1.44 bits per heavy atom. The van der Waals surface area contributed by atoms with Crippen molar-refractivity contribution in [2.75, 3.05) is 18.5 Å². The molecule has 0 amide bonds. The van der Waals surface area contributed by atoms with E-state index in [0.717, 1.165) is 25.2 Å². The quantitative estimate of drug-likeness (QED) is 0.748. The molecule has 0 unspecified atom stereocenters. The molecule has 0 atom stereocenters. The largest absolute Gasteiger partial charge is 0.372 e. The normalized spacial score (nSPS) is 10.8. The van der Waals surface area contributed by atoms with Crippen molar-refractivity contribution in [1.82, 2.24) is 10.3 Å². The Hall–Kier alpha value is -1.09. The highest BCUT2D eigenvalue weighted by Gasteiger charge is 2.05. The Labute approximate surface area is 98.9 Å². The van der Waals surface area contributed by atoms with Gasteiger partial charge in [-0.15, -0.1) is 0 Å². The molecule has 3 nitrogen and oxygen atoms in total. The monoisotopic (exact) mass is 221 g/mol. The second kappa shape index (κ2) is 6.48. The van der Waals surface area contributed by atoms with Crippen LogP contribution in [0.25, 0.3) is 0 Å². The molecule has 0 spiro atoms. The Bertz CT molecular complexity index is 310. The lowest BCUT2D eigenvalue weighted by molar-refractivity contribution is 0.663. The third-order valence-electron chi connectivity index (χ3n) is 2.71. The molecule has 3 heteroatoms. The first-order chi connectivity index (χ1) is 7.65. The number of hydrogen-bond donors (Lipinski definition) is 1. The zero-order chi connectivity index (χ0) is 12.0. The first-order valence-electron chi connectivity index (χ1n) is 6.03. The number of nitrogens with zero attached hydrogens (tertiary/aromatic N) is 2. The molecule has 1 aromatic rings. The molecule has 0 saturated heterocycles. The van der Waals surface area contributed by atoms with Crippen molar-refractivity contribution in [2.24, 2.45) is 0 Å². The highest BCUT2D eigenvalue weighted by molar-refractivity contribution is 5.46. The summed E-state index contributed by atoms with van der Waals surface area (Å²) in [6.45, 7) is 8.45. The Kier molecular flexibility index (Phi) is 5.26. The summed E-state index contributed by atoms with van der Waals surface area (Å²) in [6.07, 6.45) is 3.04. The van der Waals surface area contributed by atoms with E-state index < -0.39 is 0 Å². The number of hydrogen-bond acceptors (Lipinski definition) is 3. The van der Waals surface area contributed by atoms with Gasteiger partial charge in [0.1, 0.15) is 0 Å². The van der Waals surface area contributed by atoms with E-state index in [0.29, 0.717) is 6.04 Å². The van der Waals surface area contributed by atoms with Crippen molar-refractivity contribution < 1.29 is 0 Å². The second-order valence-electron chi connectivity index (χ2n) is 4.39. The number of pyridine rings is 1. The fourth-order valence-electron chi connectivity index (χ4n) is 1.47. The van der Waals surface area contributed by atoms with Crippen LogP contribution in [0.1, 0.15) is 32.9 Å². The van der Waals surface area contributed by atoms with Crippen LogP contribution in [0.4, 0.5) is 5.69 Å². The smallest absolute Gasteiger partial charge is 0.0562 e. The van der Waals surface area contributed by atoms with Crippen LogP contribution in [0.2, 0.25) is 0 Å². The third-order valence-corrected chi connectivity index (χ3v) is 2.71. The van der Waals surface area contributed by atoms with Crippen molar-refractivity contribution in [3.63, 3.8) is 0 Å². The van der Waals surface area contributed by atoms with E-state index >= 15 is 0 Å². The van der Waals surface area contributed by atoms with E-state index in [1.807, 2.05) is 6.20 Å². The molecule has 0 aliphatic rings. The molecule has 0 radical (unpaired) electrons. The van der Waals surface area contributed by atoms with Crippen molar-refractivity contribution in [3.05, 3.63) is 24.0 Å². The minimum absolute atomic E-state index is 0.513. The first kappa shape index (κ1) is 13.0. The van der Waals surface area contributed by atoms with Gasteiger partial charge in [0.15, 0.2) is 0 Å². The zero-order valence-corrected chi connectivity index (χ0v) is 10.8. The van der Waals surface area contributed by atoms with E-state index in [9.17, 15) is 0 Å². The van der Waals surface area contributed by atoms with Gasteiger partial charge in [-0.2, -0.15) is 0 Å². The number of anilines is 1. The van der Waals surface area contributed by atoms with Gasteiger partial charge >= 0.3 is 0 Å². The van der Waals surface area contributed by atoms with Gasteiger partial charge < -0.3 is 10.2 Å². The van der Waals surface area contributed by atoms with Crippen LogP contribution in [0.3, 0.4) is 0 Å². The summed E-state index contributed by atoms with van der Waals surface area (Å²) >= 11 is 0. The maximum Gasteiger partial charge on any atom is 0.0562 e. The van der Waals surface area contributed by atoms with Gasteiger partial charge in [0.2, 0.25) is 0 Å². The standard InChI is InChI=1S/C13H23N3/c1-5-7-14-10-12-9-13(6-8-15-12)16(4)11(2)3/h6,8-9,11,14H,5,7,10H2,1-4H3. The maximum absolute atomic E-state index is 4.36. The Morgan fingerprint density at radius 2 is 2.19 bits per heavy atom. The lowest BCUT2D eigenvalue weighted by Gasteiger charge is -2.24. The number of aromatic nitrogens is 1. The van der Waals surface area contributed by atoms with Gasteiger partial charge in [-0.1, -0.05) is 6.92 Å². The molecule has 0 saturated carbocycles. The molecular formula is C13H23N3. The van der Waals surface area contributed by atoms with Crippen LogP contribution in [0, 0.1) is 0 Å². The van der Waals surface area contributed by atoms with E-state index in [1.54, 1.807) is 0 Å². The molecule has 1 N–H and O–H groups in total. The van der Waals surface area contributed by atoms with Crippen molar-refractivity contribution in [3.8, 4) is 0 Å². The van der Waals surface area contributed by atoms with Gasteiger partial charge in [-0.05, 0) is 38.9 Å². The molecule has 0 aliphatic carbocycles. The fourth-order valence-corrected chi connectivity index (χ4v) is 1.47. The maximum atomic E-state index is 4.36. The third kappa shape index (κ3) is 3.81. The molecule has 1 rings (SSSR count). The Balaban J connectivity index is 2.63. The second-order valence-corrected chi connectivity index (χ2v) is 4.39. The lowest BCUT2D eigenvalue weighted by atomic mass is 10.2. The van der Waals surface area contributed by atoms with Gasteiger partial charge in [0.25, 0.3) is 0 Å². The van der Waals surface area contributed by atoms with E-state index in [-0.39, 0.29) is 0 Å². The molecule has 0 fully saturated rings. The summed E-state index contributed by atoms with van der Waals surface area (Å²) in [6, 6.07) is 4.73. The number of rotatable bonds is 6. The minimum atomic E-state index is 0.513. The lowest BCUT2D eigenvalue weighted by Crippen LogP contribution is -2.26. The van der Waals surface area contributed by atoms with Crippen LogP contribution >= 0.6 is 0 Å². The van der Waals surface area contributed by atoms with E-state index in [1.165, 1.54) is 5.69 Å². The zero-order valence-electron chi connectivity index (χ0n) is 10.8. The van der Waals surface area contributed by atoms with Crippen LogP contribution < -0.4 is 10.2 Å². The molecule has 16 heavy (non-hydrogen) atoms. The summed E-state index contributed by atoms with van der Waals surface area (Å²) in [4.78, 5) is 6.62. The highest BCUT2D eigenvalue weighted by atomic mass is 15.1. The topological polar surface area (TPSA) is 28.2 Å². The molecule has 90 valence electrons. The first-order valence-corrected chi connectivity index (χ1v) is 6.03. The van der Waals surface area contributed by atoms with Crippen molar-refractivity contribution in [1.29, 1.82) is 0 Å². The molecule has 0 bridgehead atoms. The Morgan fingerprint density at radius 3 is 2.81 bits per heavy atom. The van der Waals surface area contributed by atoms with Crippen LogP contribution in [-0.4, -0.2) is 24.6 Å². The molecule has 0 aromatic carbocycles. The average Bonchev–Trinajstić information content (AvgIpc) is 2.29. The van der Waals surface area contributed by atoms with Crippen molar-refractivity contribution >= 4 is 5.69 Å². The van der Waals surface area contributed by atoms with Gasteiger partial charge in [-0.25, -0.2) is 0 Å². The molecule has 1 aromatic heterocycles. The van der Waals surface area contributed by atoms with E-state index in [2.05, 4.69) is 55.2 Å². The van der Waals surface area contributed by atoms with Gasteiger partial charge in [0, 0.05) is 31.5 Å². The fraction of sp³-hybridized carbons (Fsp3) is 0.615. The van der Waals surface area contributed by atoms with E-state index in [4.69, 9.17) is 0 Å². The summed E-state index contributed by atoms with van der Waals surface area (Å²) in [5.41, 5.74) is 2.34. The molecular weight excluding hydrogens is 198 g/mol. The number of nitrogens with one attached hydrogen (secondary N) is 1. The van der Waals surface area contributed by atoms with Crippen LogP contribution in [0.5, 0.6) is 0 Å². The van der Waals surface area contributed by atoms with Gasteiger partial charge in [0.05, 0.1) is 5.69 Å². The molecule has 0 aliphatic heterocycles. The average molecular weight is 221 g/mol. The summed E-state index contributed by atoms with van der Waals surface area (Å²) in [7, 11) is 2.11. The summed E-state index contributed by atoms with van der Waals surface area (Å²) in [5.74, 6) is 0. The minimum Gasteiger partial charge on any atom is -0.372 e. The van der Waals surface area contributed by atoms with Gasteiger partial charge in [-0.3, -0.25) is 4.98 Å². The predicted octanol–water partition coefficient (Wildman–Crippen LogP) is 2.43. The molecule has 1 heterocycles. The summed E-state index contributed by atoms with van der Waals surface area (Å²) < 4.78 is 0. The SMILES string of the molecule is CCCNCc1cc(N(C)C(C)C)ccn1.